The average Bonchev–Trinajstić information content (AvgIpc) is 3.46. The number of aromatic carboxylic acids is 1. The van der Waals surface area contributed by atoms with Crippen molar-refractivity contribution < 1.29 is 14.7 Å². The number of carboxylic acid groups (broad SMARTS) is 1. The molecule has 0 bridgehead atoms. The number of carboxylic acids is 1. The molecule has 1 N–H and O–H groups in total. The molecule has 0 radical (unpaired) electrons. The third-order valence-electron chi connectivity index (χ3n) is 7.73. The molecule has 1 aliphatic carbocycles. The van der Waals surface area contributed by atoms with Gasteiger partial charge in [-0.3, -0.25) is 4.79 Å². The summed E-state index contributed by atoms with van der Waals surface area (Å²) in [5.41, 5.74) is 6.48. The molecule has 7 heteroatoms. The van der Waals surface area contributed by atoms with Crippen LogP contribution in [0.5, 0.6) is 0 Å². The highest BCUT2D eigenvalue weighted by atomic mass is 32.1. The Morgan fingerprint density at radius 1 is 0.850 bits per heavy atom. The lowest BCUT2D eigenvalue weighted by Gasteiger charge is -2.23. The predicted molar refractivity (Wildman–Crippen MR) is 161 cm³/mol. The summed E-state index contributed by atoms with van der Waals surface area (Å²) in [5.74, 6) is -0.454. The molecule has 0 spiro atoms. The maximum absolute atomic E-state index is 12.8. The van der Waals surface area contributed by atoms with E-state index in [4.69, 9.17) is 10.1 Å². The number of rotatable bonds is 9. The standard InChI is InChI=1S/C33H35N3O3S/c1-35(20-23-8-10-25(11-9-23)24-6-4-3-5-7-24)29-18-16-26(17-19-29)30-22-40-31(34-30)21-36(2)32(37)27-12-14-28(15-13-27)33(38)39/h8-19,22,24H,3-7,20-21H2,1-2H3,(H,38,39). The molecule has 0 unspecified atom stereocenters. The van der Waals surface area contributed by atoms with Gasteiger partial charge in [0.1, 0.15) is 5.01 Å². The number of anilines is 1. The van der Waals surface area contributed by atoms with Crippen molar-refractivity contribution >= 4 is 28.9 Å². The molecule has 1 aliphatic rings. The quantitative estimate of drug-likeness (QED) is 0.233. The Labute approximate surface area is 239 Å². The minimum Gasteiger partial charge on any atom is -0.478 e. The van der Waals surface area contributed by atoms with E-state index in [2.05, 4.69) is 60.5 Å². The van der Waals surface area contributed by atoms with E-state index in [1.54, 1.807) is 24.1 Å². The van der Waals surface area contributed by atoms with E-state index in [1.807, 2.05) is 5.38 Å². The molecule has 1 aromatic heterocycles. The van der Waals surface area contributed by atoms with Crippen LogP contribution in [-0.4, -0.2) is 41.0 Å². The van der Waals surface area contributed by atoms with E-state index in [-0.39, 0.29) is 11.5 Å². The second-order valence-electron chi connectivity index (χ2n) is 10.6. The summed E-state index contributed by atoms with van der Waals surface area (Å²) < 4.78 is 0. The fourth-order valence-electron chi connectivity index (χ4n) is 5.35. The van der Waals surface area contributed by atoms with Gasteiger partial charge >= 0.3 is 5.97 Å². The van der Waals surface area contributed by atoms with Crippen LogP contribution in [0.4, 0.5) is 5.69 Å². The van der Waals surface area contributed by atoms with Gasteiger partial charge in [-0.25, -0.2) is 9.78 Å². The van der Waals surface area contributed by atoms with Gasteiger partial charge in [0.05, 0.1) is 17.8 Å². The van der Waals surface area contributed by atoms with Crippen molar-refractivity contribution in [3.8, 4) is 11.3 Å². The zero-order valence-electron chi connectivity index (χ0n) is 23.0. The van der Waals surface area contributed by atoms with E-state index in [0.717, 1.165) is 34.4 Å². The topological polar surface area (TPSA) is 73.7 Å². The van der Waals surface area contributed by atoms with Gasteiger partial charge in [0.2, 0.25) is 0 Å². The SMILES string of the molecule is CN(Cc1nc(-c2ccc(N(C)Cc3ccc(C4CCCCC4)cc3)cc2)cs1)C(=O)c1ccc(C(=O)O)cc1. The Bertz CT molecular complexity index is 1440. The first kappa shape index (κ1) is 27.6. The number of carbonyl (C=O) groups excluding carboxylic acids is 1. The molecule has 1 fully saturated rings. The minimum absolute atomic E-state index is 0.157. The molecule has 1 amide bonds. The van der Waals surface area contributed by atoms with Crippen molar-refractivity contribution in [2.24, 2.45) is 0 Å². The summed E-state index contributed by atoms with van der Waals surface area (Å²) in [5, 5.41) is 11.9. The van der Waals surface area contributed by atoms with Crippen LogP contribution >= 0.6 is 11.3 Å². The van der Waals surface area contributed by atoms with Crippen molar-refractivity contribution in [3.63, 3.8) is 0 Å². The van der Waals surface area contributed by atoms with Crippen LogP contribution in [0, 0.1) is 0 Å². The number of nitrogens with zero attached hydrogens (tertiary/aromatic N) is 3. The monoisotopic (exact) mass is 553 g/mol. The van der Waals surface area contributed by atoms with Crippen molar-refractivity contribution in [2.75, 3.05) is 19.0 Å². The predicted octanol–water partition coefficient (Wildman–Crippen LogP) is 7.46. The Morgan fingerprint density at radius 2 is 1.50 bits per heavy atom. The number of carbonyl (C=O) groups is 2. The molecule has 0 atom stereocenters. The first-order chi connectivity index (χ1) is 19.4. The number of hydrogen-bond acceptors (Lipinski definition) is 5. The van der Waals surface area contributed by atoms with Gasteiger partial charge in [-0.15, -0.1) is 11.3 Å². The lowest BCUT2D eigenvalue weighted by molar-refractivity contribution is 0.0695. The molecule has 40 heavy (non-hydrogen) atoms. The third-order valence-corrected chi connectivity index (χ3v) is 8.56. The highest BCUT2D eigenvalue weighted by Gasteiger charge is 2.17. The number of benzene rings is 3. The summed E-state index contributed by atoms with van der Waals surface area (Å²) in [6, 6.07) is 23.6. The highest BCUT2D eigenvalue weighted by molar-refractivity contribution is 7.09. The molecule has 1 saturated carbocycles. The molecule has 5 rings (SSSR count). The molecule has 3 aromatic carbocycles. The van der Waals surface area contributed by atoms with Gasteiger partial charge in [-0.05, 0) is 66.3 Å². The Morgan fingerprint density at radius 3 is 2.15 bits per heavy atom. The molecular weight excluding hydrogens is 518 g/mol. The van der Waals surface area contributed by atoms with E-state index >= 15 is 0 Å². The number of aromatic nitrogens is 1. The zero-order chi connectivity index (χ0) is 28.1. The van der Waals surface area contributed by atoms with Gasteiger partial charge in [0.15, 0.2) is 0 Å². The number of amides is 1. The van der Waals surface area contributed by atoms with E-state index in [1.165, 1.54) is 66.7 Å². The van der Waals surface area contributed by atoms with Gasteiger partial charge in [0.25, 0.3) is 5.91 Å². The Balaban J connectivity index is 1.17. The summed E-state index contributed by atoms with van der Waals surface area (Å²) in [6.07, 6.45) is 6.75. The molecule has 0 saturated heterocycles. The second-order valence-corrected chi connectivity index (χ2v) is 11.6. The summed E-state index contributed by atoms with van der Waals surface area (Å²) in [7, 11) is 3.84. The molecule has 0 aliphatic heterocycles. The van der Waals surface area contributed by atoms with Crippen LogP contribution in [0.25, 0.3) is 11.3 Å². The van der Waals surface area contributed by atoms with Gasteiger partial charge in [-0.1, -0.05) is 55.7 Å². The maximum Gasteiger partial charge on any atom is 0.335 e. The van der Waals surface area contributed by atoms with Gasteiger partial charge in [-0.2, -0.15) is 0 Å². The molecular formula is C33H35N3O3S. The maximum atomic E-state index is 12.8. The number of hydrogen-bond donors (Lipinski definition) is 1. The van der Waals surface area contributed by atoms with Crippen molar-refractivity contribution in [1.82, 2.24) is 9.88 Å². The van der Waals surface area contributed by atoms with Crippen LogP contribution in [0.3, 0.4) is 0 Å². The normalized spacial score (nSPS) is 13.7. The largest absolute Gasteiger partial charge is 0.478 e. The summed E-state index contributed by atoms with van der Waals surface area (Å²) >= 11 is 1.52. The van der Waals surface area contributed by atoms with E-state index < -0.39 is 5.97 Å². The summed E-state index contributed by atoms with van der Waals surface area (Å²) in [4.78, 5) is 32.4. The van der Waals surface area contributed by atoms with E-state index in [9.17, 15) is 9.59 Å². The van der Waals surface area contributed by atoms with Crippen LogP contribution in [-0.2, 0) is 13.1 Å². The lowest BCUT2D eigenvalue weighted by atomic mass is 9.84. The zero-order valence-corrected chi connectivity index (χ0v) is 23.9. The van der Waals surface area contributed by atoms with Crippen LogP contribution < -0.4 is 4.90 Å². The molecule has 6 nitrogen and oxygen atoms in total. The number of thiazole rings is 1. The Kier molecular flexibility index (Phi) is 8.60. The van der Waals surface area contributed by atoms with Crippen LogP contribution in [0.1, 0.15) is 74.9 Å². The third kappa shape index (κ3) is 6.59. The smallest absolute Gasteiger partial charge is 0.335 e. The Hall–Kier alpha value is -3.97. The highest BCUT2D eigenvalue weighted by Crippen LogP contribution is 2.33. The van der Waals surface area contributed by atoms with E-state index in [0.29, 0.717) is 12.1 Å². The van der Waals surface area contributed by atoms with Crippen molar-refractivity contribution in [1.29, 1.82) is 0 Å². The van der Waals surface area contributed by atoms with Crippen LogP contribution in [0.15, 0.2) is 78.2 Å². The fourth-order valence-corrected chi connectivity index (χ4v) is 6.21. The molecule has 1 heterocycles. The lowest BCUT2D eigenvalue weighted by Crippen LogP contribution is -2.26. The van der Waals surface area contributed by atoms with Crippen LogP contribution in [0.2, 0.25) is 0 Å². The first-order valence-corrected chi connectivity index (χ1v) is 14.7. The fraction of sp³-hybridized carbons (Fsp3) is 0.303. The minimum atomic E-state index is -1.01. The molecule has 4 aromatic rings. The summed E-state index contributed by atoms with van der Waals surface area (Å²) in [6.45, 7) is 1.23. The van der Waals surface area contributed by atoms with Gasteiger partial charge in [0, 0.05) is 42.8 Å². The molecule has 206 valence electrons. The van der Waals surface area contributed by atoms with Crippen molar-refractivity contribution in [3.05, 3.63) is 105 Å². The van der Waals surface area contributed by atoms with Crippen molar-refractivity contribution in [2.45, 2.75) is 51.1 Å². The first-order valence-electron chi connectivity index (χ1n) is 13.8. The van der Waals surface area contributed by atoms with Gasteiger partial charge < -0.3 is 14.9 Å². The average molecular weight is 554 g/mol. The second kappa shape index (κ2) is 12.5.